The monoisotopic (exact) mass is 403 g/mol. The fourth-order valence-electron chi connectivity index (χ4n) is 2.87. The second-order valence-electron chi connectivity index (χ2n) is 5.85. The molecule has 0 bridgehead atoms. The van der Waals surface area contributed by atoms with Gasteiger partial charge in [0.2, 0.25) is 0 Å². The molecule has 0 atom stereocenters. The van der Waals surface area contributed by atoms with E-state index in [0.717, 1.165) is 58.3 Å². The largest absolute Gasteiger partial charge is 0.346 e. The minimum absolute atomic E-state index is 0.706. The first-order valence-electron chi connectivity index (χ1n) is 8.34. The molecule has 0 saturated carbocycles. The van der Waals surface area contributed by atoms with Gasteiger partial charge in [-0.25, -0.2) is 15.0 Å². The first kappa shape index (κ1) is 17.7. The summed E-state index contributed by atoms with van der Waals surface area (Å²) >= 11 is 9.45. The van der Waals surface area contributed by atoms with Crippen LogP contribution in [0.2, 0.25) is 5.02 Å². The van der Waals surface area contributed by atoms with Gasteiger partial charge in [-0.05, 0) is 24.5 Å². The molecule has 2 aromatic heterocycles. The quantitative estimate of drug-likeness (QED) is 0.523. The minimum Gasteiger partial charge on any atom is -0.346 e. The zero-order valence-electron chi connectivity index (χ0n) is 14.3. The molecule has 1 aliphatic heterocycles. The zero-order chi connectivity index (χ0) is 17.9. The van der Waals surface area contributed by atoms with E-state index in [1.165, 1.54) is 11.8 Å². The third kappa shape index (κ3) is 3.71. The molecule has 1 aromatic carbocycles. The van der Waals surface area contributed by atoms with Crippen molar-refractivity contribution in [1.82, 2.24) is 20.3 Å². The van der Waals surface area contributed by atoms with Gasteiger partial charge in [0.1, 0.15) is 0 Å². The summed E-state index contributed by atoms with van der Waals surface area (Å²) in [5.74, 6) is 0. The van der Waals surface area contributed by atoms with Gasteiger partial charge >= 0.3 is 0 Å². The van der Waals surface area contributed by atoms with E-state index in [1.54, 1.807) is 17.5 Å². The van der Waals surface area contributed by atoms with Gasteiger partial charge in [-0.15, -0.1) is 0 Å². The van der Waals surface area contributed by atoms with E-state index in [-0.39, 0.29) is 0 Å². The number of piperazine rings is 1. The van der Waals surface area contributed by atoms with Gasteiger partial charge in [0, 0.05) is 43.0 Å². The second kappa shape index (κ2) is 7.92. The van der Waals surface area contributed by atoms with Crippen molar-refractivity contribution < 1.29 is 0 Å². The number of thiazole rings is 1. The maximum Gasteiger partial charge on any atom is 0.187 e. The lowest BCUT2D eigenvalue weighted by molar-refractivity contribution is 0.588. The maximum absolute atomic E-state index is 6.22. The number of aromatic nitrogens is 3. The van der Waals surface area contributed by atoms with Crippen LogP contribution in [0, 0.1) is 0 Å². The first-order chi connectivity index (χ1) is 12.7. The van der Waals surface area contributed by atoms with E-state index in [2.05, 4.69) is 20.2 Å². The van der Waals surface area contributed by atoms with Gasteiger partial charge in [0.15, 0.2) is 10.3 Å². The molecule has 8 heteroatoms. The second-order valence-corrected chi connectivity index (χ2v) is 8.04. The van der Waals surface area contributed by atoms with Crippen molar-refractivity contribution in [2.75, 3.05) is 37.3 Å². The predicted octanol–water partition coefficient (Wildman–Crippen LogP) is 4.05. The first-order valence-corrected chi connectivity index (χ1v) is 10.8. The molecule has 0 aliphatic carbocycles. The molecule has 3 aromatic rings. The highest BCUT2D eigenvalue weighted by Gasteiger charge is 2.21. The Hall–Kier alpha value is -1.67. The number of anilines is 1. The number of thioether (sulfide) groups is 1. The summed E-state index contributed by atoms with van der Waals surface area (Å²) in [5, 5.41) is 5.88. The molecule has 1 aliphatic rings. The van der Waals surface area contributed by atoms with E-state index in [0.29, 0.717) is 5.02 Å². The van der Waals surface area contributed by atoms with Gasteiger partial charge in [0.05, 0.1) is 16.3 Å². The number of benzene rings is 1. The fraction of sp³-hybridized carbons (Fsp3) is 0.278. The summed E-state index contributed by atoms with van der Waals surface area (Å²) in [4.78, 5) is 17.3. The summed E-state index contributed by atoms with van der Waals surface area (Å²) in [6.45, 7) is 3.88. The van der Waals surface area contributed by atoms with Gasteiger partial charge in [-0.3, -0.25) is 0 Å². The number of hydrogen-bond acceptors (Lipinski definition) is 7. The summed E-state index contributed by atoms with van der Waals surface area (Å²) in [7, 11) is 0. The summed E-state index contributed by atoms with van der Waals surface area (Å²) in [6, 6.07) is 9.78. The van der Waals surface area contributed by atoms with Gasteiger partial charge in [-0.2, -0.15) is 0 Å². The van der Waals surface area contributed by atoms with Gasteiger partial charge in [-0.1, -0.05) is 46.8 Å². The molecule has 5 nitrogen and oxygen atoms in total. The Labute approximate surface area is 165 Å². The van der Waals surface area contributed by atoms with E-state index in [9.17, 15) is 0 Å². The maximum atomic E-state index is 6.22. The van der Waals surface area contributed by atoms with Crippen LogP contribution in [-0.4, -0.2) is 47.4 Å². The number of hydrogen-bond donors (Lipinski definition) is 1. The van der Waals surface area contributed by atoms with Gasteiger partial charge in [0.25, 0.3) is 0 Å². The smallest absolute Gasteiger partial charge is 0.187 e. The SMILES string of the molecule is CSc1nccc(-c2sc(N3CCNCC3)nc2-c2cccc(Cl)c2)n1. The average molecular weight is 404 g/mol. The standard InChI is InChI=1S/C18H18ClN5S2/c1-25-17-21-6-5-14(22-17)16-15(12-3-2-4-13(19)11-12)23-18(26-16)24-9-7-20-8-10-24/h2-6,11,20H,7-10H2,1H3. The van der Waals surface area contributed by atoms with Crippen LogP contribution in [0.5, 0.6) is 0 Å². The number of nitrogens with zero attached hydrogens (tertiary/aromatic N) is 4. The molecular weight excluding hydrogens is 386 g/mol. The van der Waals surface area contributed by atoms with E-state index >= 15 is 0 Å². The summed E-state index contributed by atoms with van der Waals surface area (Å²) in [5.41, 5.74) is 2.84. The minimum atomic E-state index is 0.706. The Morgan fingerprint density at radius 1 is 1.19 bits per heavy atom. The van der Waals surface area contributed by atoms with Crippen LogP contribution in [0.3, 0.4) is 0 Å². The Kier molecular flexibility index (Phi) is 5.40. The lowest BCUT2D eigenvalue weighted by Gasteiger charge is -2.26. The Bertz CT molecular complexity index is 908. The van der Waals surface area contributed by atoms with Crippen molar-refractivity contribution in [2.45, 2.75) is 5.16 Å². The summed E-state index contributed by atoms with van der Waals surface area (Å²) in [6.07, 6.45) is 3.79. The molecule has 1 fully saturated rings. The van der Waals surface area contributed by atoms with E-state index < -0.39 is 0 Å². The highest BCUT2D eigenvalue weighted by Crippen LogP contribution is 2.40. The van der Waals surface area contributed by atoms with Crippen molar-refractivity contribution in [3.05, 3.63) is 41.6 Å². The zero-order valence-corrected chi connectivity index (χ0v) is 16.7. The highest BCUT2D eigenvalue weighted by atomic mass is 35.5. The van der Waals surface area contributed by atoms with E-state index in [1.807, 2.05) is 36.6 Å². The van der Waals surface area contributed by atoms with Crippen molar-refractivity contribution >= 4 is 39.8 Å². The van der Waals surface area contributed by atoms with Crippen molar-refractivity contribution in [3.8, 4) is 21.8 Å². The molecule has 1 N–H and O–H groups in total. The molecule has 4 rings (SSSR count). The number of halogens is 1. The van der Waals surface area contributed by atoms with Crippen LogP contribution < -0.4 is 10.2 Å². The molecule has 134 valence electrons. The fourth-order valence-corrected chi connectivity index (χ4v) is 4.53. The molecule has 26 heavy (non-hydrogen) atoms. The number of nitrogens with one attached hydrogen (secondary N) is 1. The third-order valence-electron chi connectivity index (χ3n) is 4.15. The van der Waals surface area contributed by atoms with Crippen LogP contribution in [0.15, 0.2) is 41.7 Å². The lowest BCUT2D eigenvalue weighted by atomic mass is 10.1. The summed E-state index contributed by atoms with van der Waals surface area (Å²) < 4.78 is 0. The third-order valence-corrected chi connectivity index (χ3v) is 6.09. The number of rotatable bonds is 4. The average Bonchev–Trinajstić information content (AvgIpc) is 3.14. The van der Waals surface area contributed by atoms with Crippen molar-refractivity contribution in [2.24, 2.45) is 0 Å². The Balaban J connectivity index is 1.83. The molecular formula is C18H18ClN5S2. The van der Waals surface area contributed by atoms with Crippen LogP contribution in [0.4, 0.5) is 5.13 Å². The normalized spacial score (nSPS) is 14.6. The van der Waals surface area contributed by atoms with Crippen LogP contribution in [0.25, 0.3) is 21.8 Å². The van der Waals surface area contributed by atoms with Crippen LogP contribution >= 0.6 is 34.7 Å². The molecule has 0 amide bonds. The van der Waals surface area contributed by atoms with Crippen molar-refractivity contribution in [1.29, 1.82) is 0 Å². The van der Waals surface area contributed by atoms with Crippen molar-refractivity contribution in [3.63, 3.8) is 0 Å². The van der Waals surface area contributed by atoms with Gasteiger partial charge < -0.3 is 10.2 Å². The van der Waals surface area contributed by atoms with Crippen LogP contribution in [0.1, 0.15) is 0 Å². The molecule has 1 saturated heterocycles. The lowest BCUT2D eigenvalue weighted by Crippen LogP contribution is -2.43. The molecule has 3 heterocycles. The molecule has 0 spiro atoms. The topological polar surface area (TPSA) is 53.9 Å². The Morgan fingerprint density at radius 3 is 2.81 bits per heavy atom. The van der Waals surface area contributed by atoms with Crippen LogP contribution in [-0.2, 0) is 0 Å². The predicted molar refractivity (Wildman–Crippen MR) is 110 cm³/mol. The van der Waals surface area contributed by atoms with E-state index in [4.69, 9.17) is 16.6 Å². The molecule has 0 radical (unpaired) electrons. The molecule has 0 unspecified atom stereocenters. The Morgan fingerprint density at radius 2 is 2.04 bits per heavy atom. The highest BCUT2D eigenvalue weighted by molar-refractivity contribution is 7.98.